The van der Waals surface area contributed by atoms with E-state index in [0.717, 1.165) is 24.3 Å². The molecule has 0 fully saturated rings. The molecule has 0 aliphatic heterocycles. The SMILES string of the molecule is COCC(CCCN)Nc1cccnc1-n1cccn1. The molecule has 0 saturated carbocycles. The maximum absolute atomic E-state index is 5.58. The highest BCUT2D eigenvalue weighted by atomic mass is 16.5. The van der Waals surface area contributed by atoms with Crippen LogP contribution in [0.5, 0.6) is 0 Å². The van der Waals surface area contributed by atoms with Gasteiger partial charge in [-0.1, -0.05) is 0 Å². The first-order valence-corrected chi connectivity index (χ1v) is 6.75. The van der Waals surface area contributed by atoms with E-state index in [1.165, 1.54) is 0 Å². The second-order valence-corrected chi connectivity index (χ2v) is 4.55. The van der Waals surface area contributed by atoms with Crippen molar-refractivity contribution < 1.29 is 4.74 Å². The monoisotopic (exact) mass is 275 g/mol. The second-order valence-electron chi connectivity index (χ2n) is 4.55. The minimum Gasteiger partial charge on any atom is -0.383 e. The van der Waals surface area contributed by atoms with Gasteiger partial charge in [0, 0.05) is 31.7 Å². The molecule has 0 amide bonds. The lowest BCUT2D eigenvalue weighted by Gasteiger charge is -2.20. The molecule has 3 N–H and O–H groups in total. The highest BCUT2D eigenvalue weighted by Gasteiger charge is 2.12. The summed E-state index contributed by atoms with van der Waals surface area (Å²) in [5.41, 5.74) is 6.52. The van der Waals surface area contributed by atoms with Crippen LogP contribution in [0.4, 0.5) is 5.69 Å². The van der Waals surface area contributed by atoms with Crippen LogP contribution < -0.4 is 11.1 Å². The number of hydrogen-bond acceptors (Lipinski definition) is 5. The Balaban J connectivity index is 2.15. The van der Waals surface area contributed by atoms with Gasteiger partial charge in [-0.15, -0.1) is 0 Å². The molecule has 1 atom stereocenters. The number of methoxy groups -OCH3 is 1. The summed E-state index contributed by atoms with van der Waals surface area (Å²) in [6.07, 6.45) is 7.28. The van der Waals surface area contributed by atoms with Gasteiger partial charge in [0.2, 0.25) is 0 Å². The average molecular weight is 275 g/mol. The van der Waals surface area contributed by atoms with Crippen molar-refractivity contribution in [2.45, 2.75) is 18.9 Å². The molecule has 2 heterocycles. The van der Waals surface area contributed by atoms with Crippen molar-refractivity contribution in [3.8, 4) is 5.82 Å². The van der Waals surface area contributed by atoms with Crippen LogP contribution in [-0.4, -0.2) is 41.1 Å². The zero-order chi connectivity index (χ0) is 14.2. The van der Waals surface area contributed by atoms with Gasteiger partial charge in [-0.05, 0) is 37.6 Å². The minimum atomic E-state index is 0.210. The number of ether oxygens (including phenoxy) is 1. The third-order valence-corrected chi connectivity index (χ3v) is 2.99. The summed E-state index contributed by atoms with van der Waals surface area (Å²) < 4.78 is 7.00. The van der Waals surface area contributed by atoms with Gasteiger partial charge in [0.1, 0.15) is 0 Å². The minimum absolute atomic E-state index is 0.210. The van der Waals surface area contributed by atoms with Crippen LogP contribution in [-0.2, 0) is 4.74 Å². The fourth-order valence-electron chi connectivity index (χ4n) is 2.07. The van der Waals surface area contributed by atoms with Gasteiger partial charge in [0.15, 0.2) is 5.82 Å². The van der Waals surface area contributed by atoms with Gasteiger partial charge in [-0.2, -0.15) is 5.10 Å². The number of aromatic nitrogens is 3. The Hall–Kier alpha value is -1.92. The maximum atomic E-state index is 5.58. The average Bonchev–Trinajstić information content (AvgIpc) is 2.99. The van der Waals surface area contributed by atoms with Gasteiger partial charge in [-0.3, -0.25) is 0 Å². The van der Waals surface area contributed by atoms with Gasteiger partial charge >= 0.3 is 0 Å². The molecule has 2 aromatic heterocycles. The number of rotatable bonds is 8. The van der Waals surface area contributed by atoms with E-state index < -0.39 is 0 Å². The van der Waals surface area contributed by atoms with Crippen LogP contribution in [0.25, 0.3) is 5.82 Å². The summed E-state index contributed by atoms with van der Waals surface area (Å²) in [4.78, 5) is 4.39. The van der Waals surface area contributed by atoms with Crippen LogP contribution in [0.1, 0.15) is 12.8 Å². The van der Waals surface area contributed by atoms with E-state index in [1.54, 1.807) is 24.2 Å². The predicted molar refractivity (Wildman–Crippen MR) is 78.9 cm³/mol. The zero-order valence-corrected chi connectivity index (χ0v) is 11.7. The molecule has 0 bridgehead atoms. The Morgan fingerprint density at radius 1 is 1.40 bits per heavy atom. The van der Waals surface area contributed by atoms with Crippen molar-refractivity contribution in [1.29, 1.82) is 0 Å². The van der Waals surface area contributed by atoms with Crippen LogP contribution >= 0.6 is 0 Å². The molecule has 6 nitrogen and oxygen atoms in total. The number of anilines is 1. The molecule has 0 saturated heterocycles. The van der Waals surface area contributed by atoms with Crippen molar-refractivity contribution >= 4 is 5.69 Å². The summed E-state index contributed by atoms with van der Waals surface area (Å²) in [7, 11) is 1.70. The molecule has 2 aromatic rings. The molecule has 6 heteroatoms. The Kier molecular flexibility index (Phi) is 5.52. The van der Waals surface area contributed by atoms with Crippen LogP contribution in [0.3, 0.4) is 0 Å². The molecule has 0 aliphatic carbocycles. The summed E-state index contributed by atoms with van der Waals surface area (Å²) in [6, 6.07) is 5.98. The molecular weight excluding hydrogens is 254 g/mol. The van der Waals surface area contributed by atoms with E-state index in [1.807, 2.05) is 24.4 Å². The lowest BCUT2D eigenvalue weighted by molar-refractivity contribution is 0.182. The largest absolute Gasteiger partial charge is 0.383 e. The number of nitrogens with one attached hydrogen (secondary N) is 1. The van der Waals surface area contributed by atoms with Crippen molar-refractivity contribution in [2.24, 2.45) is 5.73 Å². The summed E-state index contributed by atoms with van der Waals surface area (Å²) in [5.74, 6) is 0.784. The Labute approximate surface area is 119 Å². The fraction of sp³-hybridized carbons (Fsp3) is 0.429. The Morgan fingerprint density at radius 3 is 3.00 bits per heavy atom. The van der Waals surface area contributed by atoms with E-state index in [4.69, 9.17) is 10.5 Å². The van der Waals surface area contributed by atoms with Crippen LogP contribution in [0.2, 0.25) is 0 Å². The van der Waals surface area contributed by atoms with E-state index in [-0.39, 0.29) is 6.04 Å². The smallest absolute Gasteiger partial charge is 0.176 e. The first-order valence-electron chi connectivity index (χ1n) is 6.75. The molecule has 108 valence electrons. The highest BCUT2D eigenvalue weighted by molar-refractivity contribution is 5.56. The van der Waals surface area contributed by atoms with Crippen LogP contribution in [0, 0.1) is 0 Å². The maximum Gasteiger partial charge on any atom is 0.176 e. The lowest BCUT2D eigenvalue weighted by Crippen LogP contribution is -2.26. The van der Waals surface area contributed by atoms with Gasteiger partial charge in [-0.25, -0.2) is 9.67 Å². The quantitative estimate of drug-likeness (QED) is 0.762. The number of nitrogens with two attached hydrogens (primary N) is 1. The first-order chi connectivity index (χ1) is 9.85. The van der Waals surface area contributed by atoms with Crippen molar-refractivity contribution in [3.05, 3.63) is 36.8 Å². The van der Waals surface area contributed by atoms with E-state index in [0.29, 0.717) is 13.2 Å². The highest BCUT2D eigenvalue weighted by Crippen LogP contribution is 2.18. The third-order valence-electron chi connectivity index (χ3n) is 2.99. The number of hydrogen-bond donors (Lipinski definition) is 2. The Bertz CT molecular complexity index is 500. The lowest BCUT2D eigenvalue weighted by atomic mass is 10.1. The summed E-state index contributed by atoms with van der Waals surface area (Å²) in [6.45, 7) is 1.31. The standard InChI is InChI=1S/C14H21N5O/c1-20-11-12(5-2-7-15)18-13-6-3-8-16-14(13)19-10-4-9-17-19/h3-4,6,8-10,12,18H,2,5,7,11,15H2,1H3. The van der Waals surface area contributed by atoms with E-state index in [2.05, 4.69) is 15.4 Å². The fourth-order valence-corrected chi connectivity index (χ4v) is 2.07. The van der Waals surface area contributed by atoms with Crippen molar-refractivity contribution in [2.75, 3.05) is 25.6 Å². The zero-order valence-electron chi connectivity index (χ0n) is 11.7. The van der Waals surface area contributed by atoms with Crippen molar-refractivity contribution in [1.82, 2.24) is 14.8 Å². The summed E-state index contributed by atoms with van der Waals surface area (Å²) in [5, 5.41) is 7.69. The van der Waals surface area contributed by atoms with Gasteiger partial charge < -0.3 is 15.8 Å². The molecule has 0 aromatic carbocycles. The number of nitrogens with zero attached hydrogens (tertiary/aromatic N) is 3. The normalized spacial score (nSPS) is 12.3. The van der Waals surface area contributed by atoms with Crippen molar-refractivity contribution in [3.63, 3.8) is 0 Å². The molecule has 1 unspecified atom stereocenters. The topological polar surface area (TPSA) is 78.0 Å². The van der Waals surface area contributed by atoms with Crippen LogP contribution in [0.15, 0.2) is 36.8 Å². The van der Waals surface area contributed by atoms with E-state index in [9.17, 15) is 0 Å². The molecule has 20 heavy (non-hydrogen) atoms. The predicted octanol–water partition coefficient (Wildman–Crippen LogP) is 1.43. The van der Waals surface area contributed by atoms with E-state index >= 15 is 0 Å². The summed E-state index contributed by atoms with van der Waals surface area (Å²) >= 11 is 0. The first kappa shape index (κ1) is 14.5. The molecule has 0 aliphatic rings. The third kappa shape index (κ3) is 3.79. The Morgan fingerprint density at radius 2 is 2.30 bits per heavy atom. The van der Waals surface area contributed by atoms with Gasteiger partial charge in [0.25, 0.3) is 0 Å². The second kappa shape index (κ2) is 7.62. The van der Waals surface area contributed by atoms with Gasteiger partial charge in [0.05, 0.1) is 12.3 Å². The molecule has 0 spiro atoms. The molecule has 2 rings (SSSR count). The number of pyridine rings is 1. The molecule has 0 radical (unpaired) electrons. The molecular formula is C14H21N5O.